The highest BCUT2D eigenvalue weighted by molar-refractivity contribution is 9.10. The number of amides is 1. The van der Waals surface area contributed by atoms with E-state index in [-0.39, 0.29) is 17.9 Å². The van der Waals surface area contributed by atoms with Gasteiger partial charge in [0.25, 0.3) is 0 Å². The van der Waals surface area contributed by atoms with Gasteiger partial charge in [-0.15, -0.1) is 0 Å². The van der Waals surface area contributed by atoms with Gasteiger partial charge < -0.3 is 9.47 Å². The van der Waals surface area contributed by atoms with Crippen molar-refractivity contribution in [3.63, 3.8) is 0 Å². The first-order chi connectivity index (χ1) is 13.1. The molecule has 7 heteroatoms. The molecule has 0 spiro atoms. The predicted octanol–water partition coefficient (Wildman–Crippen LogP) is 5.20. The molecule has 0 aromatic heterocycles. The lowest BCUT2D eigenvalue weighted by Gasteiger charge is -2.20. The number of hydrogen-bond acceptors (Lipinski definition) is 4. The Hall–Kier alpha value is -2.67. The van der Waals surface area contributed by atoms with Gasteiger partial charge in [0.15, 0.2) is 0 Å². The molecule has 1 amide bonds. The summed E-state index contributed by atoms with van der Waals surface area (Å²) in [6, 6.07) is 13.3. The Labute approximate surface area is 171 Å². The van der Waals surface area contributed by atoms with Crippen molar-refractivity contribution in [2.75, 3.05) is 0 Å². The molecular weight excluding hydrogens is 429 g/mol. The maximum Gasteiger partial charge on any atom is 0.412 e. The molecule has 0 bridgehead atoms. The summed E-state index contributed by atoms with van der Waals surface area (Å²) >= 11 is 3.25. The molecule has 0 aliphatic carbocycles. The van der Waals surface area contributed by atoms with Crippen molar-refractivity contribution in [3.05, 3.63) is 75.6 Å². The first-order valence-corrected chi connectivity index (χ1v) is 9.31. The Kier molecular flexibility index (Phi) is 7.34. The molecule has 1 N–H and O–H groups in total. The van der Waals surface area contributed by atoms with E-state index >= 15 is 0 Å². The number of alkyl carbamates (subject to hydrolysis) is 1. The van der Waals surface area contributed by atoms with E-state index in [4.69, 9.17) is 9.47 Å². The van der Waals surface area contributed by atoms with Gasteiger partial charge >= 0.3 is 12.1 Å². The summed E-state index contributed by atoms with van der Waals surface area (Å²) < 4.78 is 25.1. The van der Waals surface area contributed by atoms with Crippen LogP contribution in [0.3, 0.4) is 0 Å². The van der Waals surface area contributed by atoms with E-state index in [1.54, 1.807) is 32.9 Å². The smallest absolute Gasteiger partial charge is 0.412 e. The van der Waals surface area contributed by atoms with Gasteiger partial charge in [-0.25, -0.2) is 14.0 Å². The molecule has 28 heavy (non-hydrogen) atoms. The van der Waals surface area contributed by atoms with Crippen LogP contribution in [0, 0.1) is 5.82 Å². The van der Waals surface area contributed by atoms with Gasteiger partial charge in [-0.3, -0.25) is 5.32 Å². The van der Waals surface area contributed by atoms with Gasteiger partial charge in [0.2, 0.25) is 0 Å². The standard InChI is InChI=1S/C21H21BrFNO4/c1-21(2,3)28-20(26)24-18(12-15-11-16(22)9-10-17(15)23)19(25)27-13-14-7-5-4-6-8-14/h4-12H,13H2,1-3H3,(H,24,26). The van der Waals surface area contributed by atoms with E-state index in [9.17, 15) is 14.0 Å². The van der Waals surface area contributed by atoms with Crippen LogP contribution < -0.4 is 5.32 Å². The molecule has 0 saturated carbocycles. The second kappa shape index (κ2) is 9.50. The maximum absolute atomic E-state index is 14.1. The molecule has 0 aliphatic rings. The molecule has 0 radical (unpaired) electrons. The van der Waals surface area contributed by atoms with Crippen LogP contribution in [0.25, 0.3) is 6.08 Å². The Balaban J connectivity index is 2.24. The van der Waals surface area contributed by atoms with Crippen molar-refractivity contribution in [3.8, 4) is 0 Å². The minimum Gasteiger partial charge on any atom is -0.456 e. The third-order valence-electron chi connectivity index (χ3n) is 3.33. The molecule has 0 aliphatic heterocycles. The highest BCUT2D eigenvalue weighted by Crippen LogP contribution is 2.19. The van der Waals surface area contributed by atoms with E-state index in [0.717, 1.165) is 5.56 Å². The van der Waals surface area contributed by atoms with Gasteiger partial charge in [-0.2, -0.15) is 0 Å². The summed E-state index contributed by atoms with van der Waals surface area (Å²) in [5.41, 5.74) is -0.107. The van der Waals surface area contributed by atoms with Crippen LogP contribution >= 0.6 is 15.9 Å². The van der Waals surface area contributed by atoms with Crippen LogP contribution in [0.15, 0.2) is 58.7 Å². The number of halogens is 2. The van der Waals surface area contributed by atoms with Gasteiger partial charge in [-0.1, -0.05) is 46.3 Å². The quantitative estimate of drug-likeness (QED) is 0.503. The van der Waals surface area contributed by atoms with E-state index < -0.39 is 23.5 Å². The van der Waals surface area contributed by atoms with Gasteiger partial charge in [-0.05, 0) is 50.6 Å². The summed E-state index contributed by atoms with van der Waals surface area (Å²) in [5.74, 6) is -1.36. The van der Waals surface area contributed by atoms with Crippen molar-refractivity contribution in [1.29, 1.82) is 0 Å². The fourth-order valence-electron chi connectivity index (χ4n) is 2.14. The molecule has 0 heterocycles. The Morgan fingerprint density at radius 1 is 1.14 bits per heavy atom. The van der Waals surface area contributed by atoms with E-state index in [1.165, 1.54) is 24.3 Å². The molecule has 0 fully saturated rings. The number of hydrogen-bond donors (Lipinski definition) is 1. The number of esters is 1. The van der Waals surface area contributed by atoms with Crippen LogP contribution in [-0.2, 0) is 20.9 Å². The number of nitrogens with one attached hydrogen (secondary N) is 1. The fourth-order valence-corrected chi connectivity index (χ4v) is 2.52. The zero-order chi connectivity index (χ0) is 20.7. The summed E-state index contributed by atoms with van der Waals surface area (Å²) in [4.78, 5) is 24.6. The lowest BCUT2D eigenvalue weighted by atomic mass is 10.1. The molecule has 2 rings (SSSR count). The van der Waals surface area contributed by atoms with Crippen LogP contribution in [0.4, 0.5) is 9.18 Å². The number of benzene rings is 2. The summed E-state index contributed by atoms with van der Waals surface area (Å²) in [5, 5.41) is 2.35. The highest BCUT2D eigenvalue weighted by atomic mass is 79.9. The average molecular weight is 450 g/mol. The molecule has 0 unspecified atom stereocenters. The van der Waals surface area contributed by atoms with Crippen LogP contribution in [0.2, 0.25) is 0 Å². The number of ether oxygens (including phenoxy) is 2. The third kappa shape index (κ3) is 7.15. The Bertz CT molecular complexity index is 876. The molecule has 5 nitrogen and oxygen atoms in total. The van der Waals surface area contributed by atoms with Crippen LogP contribution in [-0.4, -0.2) is 17.7 Å². The number of carbonyl (C=O) groups is 2. The minimum absolute atomic E-state index is 0.00791. The Morgan fingerprint density at radius 3 is 2.46 bits per heavy atom. The number of carbonyl (C=O) groups excluding carboxylic acids is 2. The van der Waals surface area contributed by atoms with Crippen molar-refractivity contribution in [1.82, 2.24) is 5.32 Å². The SMILES string of the molecule is CC(C)(C)OC(=O)NC(=Cc1cc(Br)ccc1F)C(=O)OCc1ccccc1. The topological polar surface area (TPSA) is 64.6 Å². The highest BCUT2D eigenvalue weighted by Gasteiger charge is 2.21. The lowest BCUT2D eigenvalue weighted by molar-refractivity contribution is -0.140. The van der Waals surface area contributed by atoms with Gasteiger partial charge in [0.1, 0.15) is 23.7 Å². The summed E-state index contributed by atoms with van der Waals surface area (Å²) in [6.45, 7) is 5.08. The van der Waals surface area contributed by atoms with Gasteiger partial charge in [0.05, 0.1) is 0 Å². The van der Waals surface area contributed by atoms with Crippen molar-refractivity contribution >= 4 is 34.1 Å². The fraction of sp³-hybridized carbons (Fsp3) is 0.238. The first kappa shape index (κ1) is 21.6. The zero-order valence-electron chi connectivity index (χ0n) is 15.8. The average Bonchev–Trinajstić information content (AvgIpc) is 2.61. The third-order valence-corrected chi connectivity index (χ3v) is 3.82. The summed E-state index contributed by atoms with van der Waals surface area (Å²) in [7, 11) is 0. The summed E-state index contributed by atoms with van der Waals surface area (Å²) in [6.07, 6.45) is 0.364. The monoisotopic (exact) mass is 449 g/mol. The lowest BCUT2D eigenvalue weighted by Crippen LogP contribution is -2.34. The second-order valence-electron chi connectivity index (χ2n) is 6.91. The maximum atomic E-state index is 14.1. The van der Waals surface area contributed by atoms with E-state index in [2.05, 4.69) is 21.2 Å². The van der Waals surface area contributed by atoms with Gasteiger partial charge in [0, 0.05) is 10.0 Å². The second-order valence-corrected chi connectivity index (χ2v) is 7.83. The Morgan fingerprint density at radius 2 is 1.82 bits per heavy atom. The predicted molar refractivity (Wildman–Crippen MR) is 108 cm³/mol. The molecule has 2 aromatic carbocycles. The molecular formula is C21H21BrFNO4. The van der Waals surface area contributed by atoms with Crippen molar-refractivity contribution in [2.45, 2.75) is 33.0 Å². The minimum atomic E-state index is -0.842. The zero-order valence-corrected chi connectivity index (χ0v) is 17.4. The van der Waals surface area contributed by atoms with Crippen molar-refractivity contribution < 1.29 is 23.5 Å². The van der Waals surface area contributed by atoms with E-state index in [0.29, 0.717) is 4.47 Å². The molecule has 0 atom stereocenters. The van der Waals surface area contributed by atoms with Crippen LogP contribution in [0.5, 0.6) is 0 Å². The van der Waals surface area contributed by atoms with E-state index in [1.807, 2.05) is 18.2 Å². The normalized spacial score (nSPS) is 11.7. The van der Waals surface area contributed by atoms with Crippen molar-refractivity contribution in [2.24, 2.45) is 0 Å². The molecule has 0 saturated heterocycles. The van der Waals surface area contributed by atoms with Crippen LogP contribution in [0.1, 0.15) is 31.9 Å². The molecule has 2 aromatic rings. The first-order valence-electron chi connectivity index (χ1n) is 8.52. The number of rotatable bonds is 5. The molecule has 148 valence electrons. The largest absolute Gasteiger partial charge is 0.456 e.